The van der Waals surface area contributed by atoms with Gasteiger partial charge in [-0.3, -0.25) is 9.59 Å². The molecule has 0 N–H and O–H groups in total. The Morgan fingerprint density at radius 3 is 2.04 bits per heavy atom. The summed E-state index contributed by atoms with van der Waals surface area (Å²) in [6.07, 6.45) is 1.81. The van der Waals surface area contributed by atoms with Crippen molar-refractivity contribution < 1.29 is 9.59 Å². The van der Waals surface area contributed by atoms with Gasteiger partial charge in [-0.15, -0.1) is 11.3 Å². The molecule has 8 rings (SSSR count). The fourth-order valence-corrected chi connectivity index (χ4v) is 8.84. The number of fused-ring (bicyclic) bond motifs is 4. The van der Waals surface area contributed by atoms with Gasteiger partial charge in [-0.2, -0.15) is 0 Å². The molecule has 0 bridgehead atoms. The minimum Gasteiger partial charge on any atom is -0.301 e. The van der Waals surface area contributed by atoms with Gasteiger partial charge in [0.1, 0.15) is 5.00 Å². The van der Waals surface area contributed by atoms with E-state index in [1.807, 2.05) is 12.1 Å². The van der Waals surface area contributed by atoms with Crippen LogP contribution in [0.5, 0.6) is 0 Å². The molecular weight excluding hydrogens is 583 g/mol. The molecule has 224 valence electrons. The third-order valence-corrected chi connectivity index (χ3v) is 10.8. The summed E-state index contributed by atoms with van der Waals surface area (Å²) in [5, 5.41) is 3.45. The van der Waals surface area contributed by atoms with Crippen molar-refractivity contribution in [1.29, 1.82) is 0 Å². The number of carbonyl (C=O) groups is 2. The minimum atomic E-state index is -0.339. The first kappa shape index (κ1) is 28.4. The van der Waals surface area contributed by atoms with Gasteiger partial charge in [-0.25, -0.2) is 0 Å². The molecule has 1 aromatic heterocycles. The maximum atomic E-state index is 13.3. The Morgan fingerprint density at radius 1 is 0.674 bits per heavy atom. The van der Waals surface area contributed by atoms with Crippen molar-refractivity contribution in [2.24, 2.45) is 0 Å². The Morgan fingerprint density at radius 2 is 1.33 bits per heavy atom. The van der Waals surface area contributed by atoms with E-state index in [9.17, 15) is 9.59 Å². The standard InChI is InChI=1S/C42H33NO2S/c1-24-19-25(2)38(26(3)20-24)28-17-18-37-34(21-28)42(4,5)35-23-29(22-33-39(44)31-14-8-9-15-32(31)40(33)45)46-41(35)43(37)36-16-10-12-27-11-6-7-13-30(27)36/h6-23H,1-5H3. The van der Waals surface area contributed by atoms with Crippen molar-refractivity contribution in [3.63, 3.8) is 0 Å². The monoisotopic (exact) mass is 615 g/mol. The lowest BCUT2D eigenvalue weighted by Gasteiger charge is -2.40. The van der Waals surface area contributed by atoms with Gasteiger partial charge >= 0.3 is 0 Å². The molecule has 0 saturated carbocycles. The van der Waals surface area contributed by atoms with E-state index >= 15 is 0 Å². The summed E-state index contributed by atoms with van der Waals surface area (Å²) in [5.74, 6) is -0.400. The SMILES string of the molecule is Cc1cc(C)c(-c2ccc3c(c2)C(C)(C)c2cc(C=C4C(=O)c5ccccc5C4=O)sc2N3c2cccc3ccccc23)c(C)c1. The number of anilines is 3. The second-order valence-electron chi connectivity index (χ2n) is 13.1. The zero-order chi connectivity index (χ0) is 31.9. The Kier molecular flexibility index (Phi) is 6.32. The number of benzene rings is 5. The fourth-order valence-electron chi connectivity index (χ4n) is 7.55. The van der Waals surface area contributed by atoms with Crippen molar-refractivity contribution in [1.82, 2.24) is 0 Å². The van der Waals surface area contributed by atoms with Crippen LogP contribution in [-0.2, 0) is 5.41 Å². The van der Waals surface area contributed by atoms with Crippen molar-refractivity contribution in [3.8, 4) is 11.1 Å². The highest BCUT2D eigenvalue weighted by molar-refractivity contribution is 7.17. The highest BCUT2D eigenvalue weighted by Gasteiger charge is 2.40. The number of nitrogens with zero attached hydrogens (tertiary/aromatic N) is 1. The van der Waals surface area contributed by atoms with Gasteiger partial charge in [0.15, 0.2) is 11.6 Å². The number of hydrogen-bond acceptors (Lipinski definition) is 4. The summed E-state index contributed by atoms with van der Waals surface area (Å²) in [6.45, 7) is 11.1. The number of aryl methyl sites for hydroxylation is 3. The Labute approximate surface area is 273 Å². The molecule has 1 aliphatic heterocycles. The molecule has 0 atom stereocenters. The van der Waals surface area contributed by atoms with Crippen LogP contribution in [0.1, 0.15) is 67.3 Å². The van der Waals surface area contributed by atoms with Crippen molar-refractivity contribution in [3.05, 3.63) is 153 Å². The lowest BCUT2D eigenvalue weighted by Crippen LogP contribution is -2.29. The van der Waals surface area contributed by atoms with Gasteiger partial charge in [0.25, 0.3) is 0 Å². The topological polar surface area (TPSA) is 37.4 Å². The van der Waals surface area contributed by atoms with Crippen LogP contribution in [0, 0.1) is 20.8 Å². The van der Waals surface area contributed by atoms with Crippen LogP contribution in [0.25, 0.3) is 28.0 Å². The van der Waals surface area contributed by atoms with Crippen LogP contribution in [0.2, 0.25) is 0 Å². The number of carbonyl (C=O) groups excluding carboxylic acids is 2. The molecule has 0 radical (unpaired) electrons. The van der Waals surface area contributed by atoms with Gasteiger partial charge in [0, 0.05) is 26.8 Å². The summed E-state index contributed by atoms with van der Waals surface area (Å²) in [6, 6.07) is 35.7. The van der Waals surface area contributed by atoms with Gasteiger partial charge in [-0.1, -0.05) is 98.3 Å². The van der Waals surface area contributed by atoms with Gasteiger partial charge < -0.3 is 4.90 Å². The summed E-state index contributed by atoms with van der Waals surface area (Å²) < 4.78 is 0. The Hall–Kier alpha value is -5.06. The number of hydrogen-bond donors (Lipinski definition) is 0. The lowest BCUT2D eigenvalue weighted by atomic mass is 9.74. The number of ketones is 2. The van der Waals surface area contributed by atoms with E-state index in [0.29, 0.717) is 11.1 Å². The number of rotatable bonds is 3. The average molecular weight is 616 g/mol. The highest BCUT2D eigenvalue weighted by atomic mass is 32.1. The summed E-state index contributed by atoms with van der Waals surface area (Å²) in [7, 11) is 0. The zero-order valence-electron chi connectivity index (χ0n) is 26.6. The molecule has 4 heteroatoms. The maximum Gasteiger partial charge on any atom is 0.197 e. The second-order valence-corrected chi connectivity index (χ2v) is 14.2. The van der Waals surface area contributed by atoms with E-state index in [4.69, 9.17) is 0 Å². The van der Waals surface area contributed by atoms with Crippen LogP contribution in [0.3, 0.4) is 0 Å². The molecular formula is C42H33NO2S. The lowest BCUT2D eigenvalue weighted by molar-refractivity contribution is 0.0990. The van der Waals surface area contributed by atoms with E-state index in [0.717, 1.165) is 21.3 Å². The van der Waals surface area contributed by atoms with E-state index in [-0.39, 0.29) is 22.6 Å². The van der Waals surface area contributed by atoms with Gasteiger partial charge in [0.2, 0.25) is 0 Å². The fraction of sp³-hybridized carbons (Fsp3) is 0.143. The number of thiophene rings is 1. The molecule has 6 aromatic rings. The summed E-state index contributed by atoms with van der Waals surface area (Å²) in [4.78, 5) is 30.0. The largest absolute Gasteiger partial charge is 0.301 e. The van der Waals surface area contributed by atoms with Crippen LogP contribution >= 0.6 is 11.3 Å². The first-order valence-electron chi connectivity index (χ1n) is 15.7. The number of Topliss-reactive ketones (excluding diaryl/α,β-unsaturated/α-hetero) is 2. The van der Waals surface area contributed by atoms with E-state index in [1.54, 1.807) is 29.5 Å². The summed E-state index contributed by atoms with van der Waals surface area (Å²) in [5.41, 5.74) is 11.8. The minimum absolute atomic E-state index is 0.200. The van der Waals surface area contributed by atoms with Crippen LogP contribution in [0.15, 0.2) is 109 Å². The quantitative estimate of drug-likeness (QED) is 0.147. The van der Waals surface area contributed by atoms with Gasteiger partial charge in [0.05, 0.1) is 16.9 Å². The Bertz CT molecular complexity index is 2250. The first-order chi connectivity index (χ1) is 22.1. The Balaban J connectivity index is 1.36. The predicted octanol–water partition coefficient (Wildman–Crippen LogP) is 11.1. The van der Waals surface area contributed by atoms with Gasteiger partial charge in [-0.05, 0) is 89.9 Å². The average Bonchev–Trinajstić information content (AvgIpc) is 3.57. The van der Waals surface area contributed by atoms with Crippen molar-refractivity contribution in [2.45, 2.75) is 40.0 Å². The van der Waals surface area contributed by atoms with E-state index in [2.05, 4.69) is 118 Å². The summed E-state index contributed by atoms with van der Waals surface area (Å²) >= 11 is 1.63. The molecule has 2 heterocycles. The normalized spacial score (nSPS) is 14.8. The zero-order valence-corrected chi connectivity index (χ0v) is 27.4. The first-order valence-corrected chi connectivity index (χ1v) is 16.5. The molecule has 5 aromatic carbocycles. The predicted molar refractivity (Wildman–Crippen MR) is 191 cm³/mol. The second kappa shape index (κ2) is 10.2. The molecule has 0 fully saturated rings. The van der Waals surface area contributed by atoms with E-state index < -0.39 is 0 Å². The molecule has 2 aliphatic rings. The van der Waals surface area contributed by atoms with Crippen molar-refractivity contribution in [2.75, 3.05) is 4.90 Å². The molecule has 0 unspecified atom stereocenters. The molecule has 0 spiro atoms. The third-order valence-electron chi connectivity index (χ3n) is 9.68. The van der Waals surface area contributed by atoms with Crippen LogP contribution in [0.4, 0.5) is 16.4 Å². The van der Waals surface area contributed by atoms with Crippen LogP contribution < -0.4 is 4.90 Å². The molecule has 0 saturated heterocycles. The van der Waals surface area contributed by atoms with Crippen LogP contribution in [-0.4, -0.2) is 11.6 Å². The van der Waals surface area contributed by atoms with Crippen molar-refractivity contribution >= 4 is 56.1 Å². The molecule has 46 heavy (non-hydrogen) atoms. The third kappa shape index (κ3) is 4.17. The molecule has 0 amide bonds. The number of allylic oxidation sites excluding steroid dienone is 1. The smallest absolute Gasteiger partial charge is 0.197 e. The highest BCUT2D eigenvalue weighted by Crippen LogP contribution is 2.57. The van der Waals surface area contributed by atoms with E-state index in [1.165, 1.54) is 49.7 Å². The molecule has 1 aliphatic carbocycles. The maximum absolute atomic E-state index is 13.3. The molecule has 3 nitrogen and oxygen atoms in total.